The van der Waals surface area contributed by atoms with Crippen molar-refractivity contribution in [3.05, 3.63) is 45.7 Å². The number of hydrogen-bond acceptors (Lipinski definition) is 5. The van der Waals surface area contributed by atoms with E-state index in [2.05, 4.69) is 10.3 Å². The lowest BCUT2D eigenvalue weighted by Crippen LogP contribution is -2.34. The first-order valence-electron chi connectivity index (χ1n) is 7.23. The van der Waals surface area contributed by atoms with E-state index >= 15 is 0 Å². The van der Waals surface area contributed by atoms with E-state index in [1.165, 1.54) is 30.6 Å². The van der Waals surface area contributed by atoms with Crippen LogP contribution in [0.5, 0.6) is 5.75 Å². The van der Waals surface area contributed by atoms with Crippen LogP contribution in [0.1, 0.15) is 29.2 Å². The Balaban J connectivity index is 2.11. The fourth-order valence-electron chi connectivity index (χ4n) is 2.12. The van der Waals surface area contributed by atoms with Crippen LogP contribution >= 0.6 is 11.3 Å². The number of methoxy groups -OCH3 is 1. The first kappa shape index (κ1) is 17.9. The van der Waals surface area contributed by atoms with Crippen LogP contribution in [0.25, 0.3) is 0 Å². The Morgan fingerprint density at radius 1 is 1.46 bits per heavy atom. The summed E-state index contributed by atoms with van der Waals surface area (Å²) in [6, 6.07) is 2.41. The van der Waals surface area contributed by atoms with E-state index in [1.807, 2.05) is 6.92 Å². The Morgan fingerprint density at radius 2 is 2.21 bits per heavy atom. The quantitative estimate of drug-likeness (QED) is 0.798. The third kappa shape index (κ3) is 4.29. The molecule has 1 aromatic carbocycles. The Hall–Kier alpha value is -2.48. The van der Waals surface area contributed by atoms with Gasteiger partial charge in [0, 0.05) is 5.38 Å². The van der Waals surface area contributed by atoms with Crippen LogP contribution in [0.3, 0.4) is 0 Å². The maximum absolute atomic E-state index is 13.8. The molecular formula is C16H17FN2O4S. The zero-order valence-electron chi connectivity index (χ0n) is 13.2. The number of thiazole rings is 1. The van der Waals surface area contributed by atoms with Crippen molar-refractivity contribution < 1.29 is 23.8 Å². The lowest BCUT2D eigenvalue weighted by molar-refractivity contribution is -0.142. The van der Waals surface area contributed by atoms with Crippen molar-refractivity contribution in [1.29, 1.82) is 0 Å². The molecule has 2 N–H and O–H groups in total. The molecule has 0 bridgehead atoms. The van der Waals surface area contributed by atoms with E-state index in [0.29, 0.717) is 5.69 Å². The lowest BCUT2D eigenvalue weighted by Gasteiger charge is -2.15. The summed E-state index contributed by atoms with van der Waals surface area (Å²) in [7, 11) is 1.31. The Bertz CT molecular complexity index is 747. The first-order valence-corrected chi connectivity index (χ1v) is 8.11. The van der Waals surface area contributed by atoms with Crippen LogP contribution in [-0.2, 0) is 22.4 Å². The minimum atomic E-state index is -1.35. The number of rotatable bonds is 7. The number of carbonyl (C=O) groups excluding carboxylic acids is 1. The predicted octanol–water partition coefficient (Wildman–Crippen LogP) is 2.34. The number of aliphatic carboxylic acids is 1. The van der Waals surface area contributed by atoms with Gasteiger partial charge in [0.2, 0.25) is 5.91 Å². The molecule has 1 aromatic heterocycles. The lowest BCUT2D eigenvalue weighted by atomic mass is 10.1. The molecule has 1 unspecified atom stereocenters. The summed E-state index contributed by atoms with van der Waals surface area (Å²) in [5.41, 5.74) is 0.709. The second kappa shape index (κ2) is 7.87. The molecule has 0 saturated heterocycles. The maximum atomic E-state index is 13.8. The van der Waals surface area contributed by atoms with Crippen molar-refractivity contribution >= 4 is 23.2 Å². The molecule has 0 radical (unpaired) electrons. The highest BCUT2D eigenvalue weighted by molar-refractivity contribution is 7.09. The van der Waals surface area contributed by atoms with Crippen LogP contribution in [0.15, 0.2) is 23.6 Å². The number of nitrogens with one attached hydrogen (secondary N) is 1. The van der Waals surface area contributed by atoms with Crippen LogP contribution in [0.4, 0.5) is 4.39 Å². The summed E-state index contributed by atoms with van der Waals surface area (Å²) in [4.78, 5) is 27.8. The number of hydrogen-bond donors (Lipinski definition) is 2. The van der Waals surface area contributed by atoms with Crippen LogP contribution in [0, 0.1) is 5.82 Å². The minimum Gasteiger partial charge on any atom is -0.494 e. The molecule has 2 rings (SSSR count). The molecule has 0 aliphatic rings. The van der Waals surface area contributed by atoms with E-state index in [-0.39, 0.29) is 17.7 Å². The fraction of sp³-hybridized carbons (Fsp3) is 0.312. The van der Waals surface area contributed by atoms with Crippen molar-refractivity contribution in [3.8, 4) is 5.75 Å². The number of aromatic nitrogens is 1. The molecule has 1 amide bonds. The minimum absolute atomic E-state index is 0.00350. The summed E-state index contributed by atoms with van der Waals surface area (Å²) >= 11 is 1.45. The number of halogens is 1. The van der Waals surface area contributed by atoms with Crippen molar-refractivity contribution in [2.75, 3.05) is 7.11 Å². The Kier molecular flexibility index (Phi) is 5.86. The largest absolute Gasteiger partial charge is 0.494 e. The van der Waals surface area contributed by atoms with Gasteiger partial charge in [-0.05, 0) is 24.1 Å². The summed E-state index contributed by atoms with van der Waals surface area (Å²) in [6.07, 6.45) is 0.744. The van der Waals surface area contributed by atoms with Gasteiger partial charge in [-0.15, -0.1) is 11.3 Å². The molecule has 0 aliphatic heterocycles. The molecule has 0 aliphatic carbocycles. The second-order valence-corrected chi connectivity index (χ2v) is 5.94. The zero-order chi connectivity index (χ0) is 17.7. The summed E-state index contributed by atoms with van der Waals surface area (Å²) in [5, 5.41) is 14.4. The maximum Gasteiger partial charge on any atom is 0.330 e. The summed E-state index contributed by atoms with van der Waals surface area (Å²) < 4.78 is 18.6. The van der Waals surface area contributed by atoms with E-state index < -0.39 is 23.7 Å². The molecule has 1 atom stereocenters. The Labute approximate surface area is 142 Å². The normalized spacial score (nSPS) is 11.8. The van der Waals surface area contributed by atoms with Crippen molar-refractivity contribution in [2.24, 2.45) is 0 Å². The highest BCUT2D eigenvalue weighted by Gasteiger charge is 2.23. The number of amides is 1. The molecule has 0 fully saturated rings. The topological polar surface area (TPSA) is 88.5 Å². The van der Waals surface area contributed by atoms with Gasteiger partial charge in [0.1, 0.15) is 0 Å². The summed E-state index contributed by atoms with van der Waals surface area (Å²) in [5.74, 6) is -2.46. The third-order valence-corrected chi connectivity index (χ3v) is 4.35. The SMILES string of the molecule is CCc1nc(CC(=O)NC(C(=O)O)c2ccc(OC)c(F)c2)cs1. The smallest absolute Gasteiger partial charge is 0.330 e. The monoisotopic (exact) mass is 352 g/mol. The van der Waals surface area contributed by atoms with Gasteiger partial charge in [0.05, 0.1) is 24.2 Å². The fourth-order valence-corrected chi connectivity index (χ4v) is 2.86. The van der Waals surface area contributed by atoms with E-state index in [0.717, 1.165) is 17.5 Å². The van der Waals surface area contributed by atoms with Gasteiger partial charge in [0.25, 0.3) is 0 Å². The van der Waals surface area contributed by atoms with E-state index in [9.17, 15) is 19.1 Å². The number of aryl methyl sites for hydroxylation is 1. The van der Waals surface area contributed by atoms with Gasteiger partial charge < -0.3 is 15.2 Å². The highest BCUT2D eigenvalue weighted by Crippen LogP contribution is 2.22. The van der Waals surface area contributed by atoms with Crippen LogP contribution in [-0.4, -0.2) is 29.1 Å². The number of carbonyl (C=O) groups is 2. The Morgan fingerprint density at radius 3 is 2.75 bits per heavy atom. The molecule has 0 spiro atoms. The van der Waals surface area contributed by atoms with Crippen LogP contribution in [0.2, 0.25) is 0 Å². The molecular weight excluding hydrogens is 335 g/mol. The number of carboxylic acids is 1. The number of ether oxygens (including phenoxy) is 1. The average molecular weight is 352 g/mol. The second-order valence-electron chi connectivity index (χ2n) is 5.00. The van der Waals surface area contributed by atoms with Crippen molar-refractivity contribution in [3.63, 3.8) is 0 Å². The van der Waals surface area contributed by atoms with Gasteiger partial charge in [-0.25, -0.2) is 14.2 Å². The highest BCUT2D eigenvalue weighted by atomic mass is 32.1. The average Bonchev–Trinajstić information content (AvgIpc) is 2.99. The summed E-state index contributed by atoms with van der Waals surface area (Å²) in [6.45, 7) is 1.96. The van der Waals surface area contributed by atoms with Gasteiger partial charge in [0.15, 0.2) is 17.6 Å². The predicted molar refractivity (Wildman–Crippen MR) is 86.7 cm³/mol. The number of benzene rings is 1. The molecule has 6 nitrogen and oxygen atoms in total. The van der Waals surface area contributed by atoms with Crippen molar-refractivity contribution in [2.45, 2.75) is 25.8 Å². The van der Waals surface area contributed by atoms with Gasteiger partial charge in [-0.3, -0.25) is 4.79 Å². The molecule has 1 heterocycles. The van der Waals surface area contributed by atoms with Crippen LogP contribution < -0.4 is 10.1 Å². The number of nitrogens with zero attached hydrogens (tertiary/aromatic N) is 1. The van der Waals surface area contributed by atoms with E-state index in [4.69, 9.17) is 4.74 Å². The molecule has 24 heavy (non-hydrogen) atoms. The number of carboxylic acid groups (broad SMARTS) is 1. The van der Waals surface area contributed by atoms with E-state index in [1.54, 1.807) is 5.38 Å². The van der Waals surface area contributed by atoms with Crippen molar-refractivity contribution in [1.82, 2.24) is 10.3 Å². The standard InChI is InChI=1S/C16H17FN2O4S/c1-3-14-18-10(8-24-14)7-13(20)19-15(16(21)22)9-4-5-12(23-2)11(17)6-9/h4-6,8,15H,3,7H2,1-2H3,(H,19,20)(H,21,22). The van der Waals surface area contributed by atoms with Gasteiger partial charge in [-0.2, -0.15) is 0 Å². The molecule has 8 heteroatoms. The molecule has 0 saturated carbocycles. The third-order valence-electron chi connectivity index (χ3n) is 3.30. The molecule has 128 valence electrons. The first-order chi connectivity index (χ1) is 11.4. The van der Waals surface area contributed by atoms with Gasteiger partial charge in [-0.1, -0.05) is 13.0 Å². The van der Waals surface area contributed by atoms with Gasteiger partial charge >= 0.3 is 5.97 Å². The zero-order valence-corrected chi connectivity index (χ0v) is 14.0. The molecule has 2 aromatic rings.